The summed E-state index contributed by atoms with van der Waals surface area (Å²) in [7, 11) is 3.63. The van der Waals surface area contributed by atoms with Crippen molar-refractivity contribution in [2.75, 3.05) is 19.5 Å². The van der Waals surface area contributed by atoms with Gasteiger partial charge >= 0.3 is 0 Å². The minimum atomic E-state index is -0.483. The highest BCUT2D eigenvalue weighted by Gasteiger charge is 2.45. The van der Waals surface area contributed by atoms with Gasteiger partial charge in [-0.05, 0) is 37.6 Å². The Bertz CT molecular complexity index is 685. The van der Waals surface area contributed by atoms with Crippen LogP contribution in [0.1, 0.15) is 31.1 Å². The van der Waals surface area contributed by atoms with Crippen molar-refractivity contribution in [2.45, 2.75) is 38.3 Å². The third-order valence-electron chi connectivity index (χ3n) is 4.46. The lowest BCUT2D eigenvalue weighted by Crippen LogP contribution is -2.50. The number of hydrogen-bond acceptors (Lipinski definition) is 4. The first-order valence-corrected chi connectivity index (χ1v) is 8.24. The summed E-state index contributed by atoms with van der Waals surface area (Å²) in [5, 5.41) is 3.16. The lowest BCUT2D eigenvalue weighted by molar-refractivity contribution is -0.159. The molecule has 4 heteroatoms. The predicted octanol–water partition coefficient (Wildman–Crippen LogP) is 4.17. The van der Waals surface area contributed by atoms with Gasteiger partial charge in [-0.1, -0.05) is 30.3 Å². The average molecular weight is 327 g/mol. The summed E-state index contributed by atoms with van der Waals surface area (Å²) in [6.07, 6.45) is -0.386. The van der Waals surface area contributed by atoms with E-state index in [0.717, 1.165) is 22.6 Å². The first-order valence-electron chi connectivity index (χ1n) is 8.24. The lowest BCUT2D eigenvalue weighted by Gasteiger charge is -2.44. The first kappa shape index (κ1) is 16.8. The van der Waals surface area contributed by atoms with Crippen LogP contribution < -0.4 is 10.1 Å². The average Bonchev–Trinajstić information content (AvgIpc) is 2.59. The fourth-order valence-corrected chi connectivity index (χ4v) is 3.19. The summed E-state index contributed by atoms with van der Waals surface area (Å²) >= 11 is 0. The molecule has 2 aromatic rings. The van der Waals surface area contributed by atoms with Crippen LogP contribution in [-0.2, 0) is 16.1 Å². The predicted molar refractivity (Wildman–Crippen MR) is 95.5 cm³/mol. The second-order valence-corrected chi connectivity index (χ2v) is 6.58. The number of ether oxygens (including phenoxy) is 3. The van der Waals surface area contributed by atoms with Crippen LogP contribution in [0.2, 0.25) is 0 Å². The monoisotopic (exact) mass is 327 g/mol. The summed E-state index contributed by atoms with van der Waals surface area (Å²) in [5.74, 6) is 0.852. The van der Waals surface area contributed by atoms with Crippen molar-refractivity contribution in [3.05, 3.63) is 59.7 Å². The number of hydrogen-bond donors (Lipinski definition) is 1. The Hall–Kier alpha value is -2.04. The molecule has 1 heterocycles. The standard InChI is InChI=1S/C20H25NO3/c1-20(2)19(23-13-14-8-6-5-7-9-14)18(22-4)16-12-15(21-3)10-11-17(16)24-20/h5-12,18-19,21H,13H2,1-4H3. The van der Waals surface area contributed by atoms with E-state index < -0.39 is 5.60 Å². The summed E-state index contributed by atoms with van der Waals surface area (Å²) in [6.45, 7) is 4.62. The number of methoxy groups -OCH3 is 1. The van der Waals surface area contributed by atoms with Crippen LogP contribution in [0.5, 0.6) is 5.75 Å². The largest absolute Gasteiger partial charge is 0.485 e. The second-order valence-electron chi connectivity index (χ2n) is 6.58. The Labute approximate surface area is 143 Å². The van der Waals surface area contributed by atoms with Gasteiger partial charge in [-0.3, -0.25) is 0 Å². The zero-order valence-corrected chi connectivity index (χ0v) is 14.7. The molecule has 0 aliphatic carbocycles. The zero-order valence-electron chi connectivity index (χ0n) is 14.7. The Morgan fingerprint density at radius 3 is 2.54 bits per heavy atom. The third kappa shape index (κ3) is 3.25. The SMILES string of the molecule is CNc1ccc2c(c1)C(OC)C(OCc1ccccc1)C(C)(C)O2. The minimum Gasteiger partial charge on any atom is -0.485 e. The molecule has 4 nitrogen and oxygen atoms in total. The van der Waals surface area contributed by atoms with Gasteiger partial charge in [0.05, 0.1) is 6.61 Å². The summed E-state index contributed by atoms with van der Waals surface area (Å²) in [4.78, 5) is 0. The maximum absolute atomic E-state index is 6.25. The maximum Gasteiger partial charge on any atom is 0.132 e. The molecule has 0 aromatic heterocycles. The number of anilines is 1. The molecule has 2 unspecified atom stereocenters. The van der Waals surface area contributed by atoms with Crippen LogP contribution in [0.3, 0.4) is 0 Å². The molecule has 1 N–H and O–H groups in total. The molecule has 0 saturated heterocycles. The third-order valence-corrected chi connectivity index (χ3v) is 4.46. The van der Waals surface area contributed by atoms with Crippen molar-refractivity contribution in [1.29, 1.82) is 0 Å². The Morgan fingerprint density at radius 1 is 1.12 bits per heavy atom. The molecule has 24 heavy (non-hydrogen) atoms. The van der Waals surface area contributed by atoms with Gasteiger partial charge in [-0.2, -0.15) is 0 Å². The summed E-state index contributed by atoms with van der Waals surface area (Å²) in [6, 6.07) is 16.2. The second kappa shape index (κ2) is 6.83. The molecule has 3 rings (SSSR count). The molecular formula is C20H25NO3. The van der Waals surface area contributed by atoms with Crippen LogP contribution in [-0.4, -0.2) is 25.9 Å². The van der Waals surface area contributed by atoms with Crippen molar-refractivity contribution >= 4 is 5.69 Å². The van der Waals surface area contributed by atoms with Crippen LogP contribution in [0.25, 0.3) is 0 Å². The van der Waals surface area contributed by atoms with Crippen LogP contribution in [0, 0.1) is 0 Å². The van der Waals surface area contributed by atoms with E-state index in [9.17, 15) is 0 Å². The van der Waals surface area contributed by atoms with Gasteiger partial charge in [0.15, 0.2) is 0 Å². The van der Waals surface area contributed by atoms with E-state index in [1.54, 1.807) is 7.11 Å². The topological polar surface area (TPSA) is 39.7 Å². The zero-order chi connectivity index (χ0) is 17.2. The normalized spacial score (nSPS) is 21.7. The van der Waals surface area contributed by atoms with Crippen molar-refractivity contribution in [2.24, 2.45) is 0 Å². The van der Waals surface area contributed by atoms with E-state index in [4.69, 9.17) is 14.2 Å². The van der Waals surface area contributed by atoms with Crippen LogP contribution in [0.15, 0.2) is 48.5 Å². The molecule has 0 saturated carbocycles. The Balaban J connectivity index is 1.88. The number of benzene rings is 2. The number of nitrogens with one attached hydrogen (secondary N) is 1. The molecule has 0 radical (unpaired) electrons. The fourth-order valence-electron chi connectivity index (χ4n) is 3.19. The van der Waals surface area contributed by atoms with Crippen molar-refractivity contribution in [3.8, 4) is 5.75 Å². The van der Waals surface area contributed by atoms with Gasteiger partial charge in [-0.25, -0.2) is 0 Å². The van der Waals surface area contributed by atoms with Gasteiger partial charge in [0.25, 0.3) is 0 Å². The van der Waals surface area contributed by atoms with E-state index in [-0.39, 0.29) is 12.2 Å². The summed E-state index contributed by atoms with van der Waals surface area (Å²) < 4.78 is 18.3. The van der Waals surface area contributed by atoms with Crippen molar-refractivity contribution < 1.29 is 14.2 Å². The Kier molecular flexibility index (Phi) is 4.78. The van der Waals surface area contributed by atoms with Crippen molar-refractivity contribution in [3.63, 3.8) is 0 Å². The molecule has 0 spiro atoms. The molecule has 1 aliphatic heterocycles. The van der Waals surface area contributed by atoms with Crippen LogP contribution in [0.4, 0.5) is 5.69 Å². The molecule has 0 bridgehead atoms. The first-order chi connectivity index (χ1) is 11.5. The minimum absolute atomic E-state index is 0.180. The van der Waals surface area contributed by atoms with Gasteiger partial charge < -0.3 is 19.5 Å². The highest BCUT2D eigenvalue weighted by Crippen LogP contribution is 2.44. The number of fused-ring (bicyclic) bond motifs is 1. The quantitative estimate of drug-likeness (QED) is 0.894. The van der Waals surface area contributed by atoms with Crippen LogP contribution >= 0.6 is 0 Å². The highest BCUT2D eigenvalue weighted by molar-refractivity contribution is 5.53. The smallest absolute Gasteiger partial charge is 0.132 e. The molecule has 1 aliphatic rings. The van der Waals surface area contributed by atoms with E-state index in [0.29, 0.717) is 6.61 Å². The summed E-state index contributed by atoms with van der Waals surface area (Å²) in [5.41, 5.74) is 2.70. The van der Waals surface area contributed by atoms with E-state index in [2.05, 4.69) is 23.5 Å². The molecule has 128 valence electrons. The lowest BCUT2D eigenvalue weighted by atomic mass is 9.88. The van der Waals surface area contributed by atoms with Gasteiger partial charge in [0, 0.05) is 25.4 Å². The molecular weight excluding hydrogens is 302 g/mol. The fraction of sp³-hybridized carbons (Fsp3) is 0.400. The number of rotatable bonds is 5. The van der Waals surface area contributed by atoms with Gasteiger partial charge in [0.2, 0.25) is 0 Å². The van der Waals surface area contributed by atoms with E-state index in [1.165, 1.54) is 0 Å². The van der Waals surface area contributed by atoms with Gasteiger partial charge in [-0.15, -0.1) is 0 Å². The molecule has 0 fully saturated rings. The Morgan fingerprint density at radius 2 is 1.88 bits per heavy atom. The van der Waals surface area contributed by atoms with E-state index in [1.807, 2.05) is 51.2 Å². The molecule has 2 atom stereocenters. The highest BCUT2D eigenvalue weighted by atomic mass is 16.6. The van der Waals surface area contributed by atoms with Crippen molar-refractivity contribution in [1.82, 2.24) is 0 Å². The molecule has 2 aromatic carbocycles. The molecule has 0 amide bonds. The maximum atomic E-state index is 6.25. The van der Waals surface area contributed by atoms with Gasteiger partial charge in [0.1, 0.15) is 23.6 Å². The van der Waals surface area contributed by atoms with E-state index >= 15 is 0 Å².